The molecule has 1 rings (SSSR count). The second-order valence-corrected chi connectivity index (χ2v) is 4.08. The lowest BCUT2D eigenvalue weighted by Crippen LogP contribution is -2.47. The lowest BCUT2D eigenvalue weighted by Gasteiger charge is -2.14. The minimum Gasteiger partial charge on any atom is -0.497 e. The number of carboxylic acid groups (broad SMARTS) is 1. The first-order chi connectivity index (χ1) is 10.0. The van der Waals surface area contributed by atoms with E-state index < -0.39 is 24.6 Å². The predicted octanol–water partition coefficient (Wildman–Crippen LogP) is -0.0515. The molecule has 8 nitrogen and oxygen atoms in total. The van der Waals surface area contributed by atoms with Gasteiger partial charge in [-0.25, -0.2) is 9.59 Å². The number of nitrogens with one attached hydrogen (secondary N) is 2. The molecule has 0 aliphatic rings. The summed E-state index contributed by atoms with van der Waals surface area (Å²) in [4.78, 5) is 22.2. The Balaban J connectivity index is 2.62. The fourth-order valence-corrected chi connectivity index (χ4v) is 1.57. The van der Waals surface area contributed by atoms with Crippen molar-refractivity contribution in [1.29, 1.82) is 0 Å². The molecule has 0 aliphatic carbocycles. The third-order valence-electron chi connectivity index (χ3n) is 2.72. The SMILES string of the molecule is COc1ccc(CNC(=O)N[C@H](CO)C(=O)O)c(OC)c1. The first kappa shape index (κ1) is 16.6. The van der Waals surface area contributed by atoms with Crippen molar-refractivity contribution < 1.29 is 29.3 Å². The summed E-state index contributed by atoms with van der Waals surface area (Å²) in [6.07, 6.45) is 0. The van der Waals surface area contributed by atoms with Gasteiger partial charge in [0.1, 0.15) is 11.5 Å². The van der Waals surface area contributed by atoms with Gasteiger partial charge in [-0.3, -0.25) is 0 Å². The molecule has 0 unspecified atom stereocenters. The molecule has 116 valence electrons. The second-order valence-electron chi connectivity index (χ2n) is 4.08. The quantitative estimate of drug-likeness (QED) is 0.560. The summed E-state index contributed by atoms with van der Waals surface area (Å²) in [5, 5.41) is 22.1. The summed E-state index contributed by atoms with van der Waals surface area (Å²) >= 11 is 0. The van der Waals surface area contributed by atoms with Gasteiger partial charge in [0.15, 0.2) is 6.04 Å². The van der Waals surface area contributed by atoms with E-state index in [-0.39, 0.29) is 6.54 Å². The molecule has 1 aromatic rings. The number of carbonyl (C=O) groups is 2. The number of carbonyl (C=O) groups excluding carboxylic acids is 1. The summed E-state index contributed by atoms with van der Waals surface area (Å²) in [5.74, 6) is -0.160. The maximum Gasteiger partial charge on any atom is 0.328 e. The van der Waals surface area contributed by atoms with Gasteiger partial charge in [-0.1, -0.05) is 0 Å². The van der Waals surface area contributed by atoms with Crippen LogP contribution in [0.25, 0.3) is 0 Å². The summed E-state index contributed by atoms with van der Waals surface area (Å²) < 4.78 is 10.2. The number of benzene rings is 1. The van der Waals surface area contributed by atoms with Crippen LogP contribution in [-0.2, 0) is 11.3 Å². The smallest absolute Gasteiger partial charge is 0.328 e. The normalized spacial score (nSPS) is 11.4. The summed E-state index contributed by atoms with van der Waals surface area (Å²) in [6, 6.07) is 3.06. The molecule has 0 saturated carbocycles. The number of methoxy groups -OCH3 is 2. The Kier molecular flexibility index (Phi) is 6.28. The zero-order chi connectivity index (χ0) is 15.8. The average Bonchev–Trinajstić information content (AvgIpc) is 2.49. The van der Waals surface area contributed by atoms with Gasteiger partial charge < -0.3 is 30.3 Å². The molecule has 0 saturated heterocycles. The first-order valence-corrected chi connectivity index (χ1v) is 6.10. The lowest BCUT2D eigenvalue weighted by atomic mass is 10.2. The number of hydrogen-bond acceptors (Lipinski definition) is 5. The third kappa shape index (κ3) is 4.84. The molecule has 1 aromatic carbocycles. The Morgan fingerprint density at radius 3 is 2.52 bits per heavy atom. The van der Waals surface area contributed by atoms with E-state index in [0.29, 0.717) is 17.1 Å². The van der Waals surface area contributed by atoms with E-state index in [1.54, 1.807) is 18.2 Å². The molecule has 4 N–H and O–H groups in total. The van der Waals surface area contributed by atoms with E-state index in [1.807, 2.05) is 0 Å². The highest BCUT2D eigenvalue weighted by Gasteiger charge is 2.18. The molecule has 2 amide bonds. The van der Waals surface area contributed by atoms with Crippen LogP contribution >= 0.6 is 0 Å². The highest BCUT2D eigenvalue weighted by Crippen LogP contribution is 2.24. The zero-order valence-corrected chi connectivity index (χ0v) is 11.8. The van der Waals surface area contributed by atoms with Gasteiger partial charge in [-0.2, -0.15) is 0 Å². The number of carboxylic acids is 1. The van der Waals surface area contributed by atoms with E-state index in [4.69, 9.17) is 19.7 Å². The molecule has 0 fully saturated rings. The fraction of sp³-hybridized carbons (Fsp3) is 0.385. The number of rotatable bonds is 7. The molecule has 0 aliphatic heterocycles. The number of ether oxygens (including phenoxy) is 2. The molecule has 0 heterocycles. The molecular formula is C13H18N2O6. The van der Waals surface area contributed by atoms with Crippen molar-refractivity contribution >= 4 is 12.0 Å². The van der Waals surface area contributed by atoms with Crippen LogP contribution in [0.4, 0.5) is 4.79 Å². The summed E-state index contributed by atoms with van der Waals surface area (Å²) in [6.45, 7) is -0.550. The van der Waals surface area contributed by atoms with Crippen molar-refractivity contribution in [2.24, 2.45) is 0 Å². The average molecular weight is 298 g/mol. The molecule has 8 heteroatoms. The van der Waals surface area contributed by atoms with Gasteiger partial charge in [-0.05, 0) is 12.1 Å². The highest BCUT2D eigenvalue weighted by atomic mass is 16.5. The van der Waals surface area contributed by atoms with E-state index in [1.165, 1.54) is 14.2 Å². The van der Waals surface area contributed by atoms with E-state index >= 15 is 0 Å². The van der Waals surface area contributed by atoms with Crippen molar-refractivity contribution in [3.05, 3.63) is 23.8 Å². The largest absolute Gasteiger partial charge is 0.497 e. The third-order valence-corrected chi connectivity index (χ3v) is 2.72. The Morgan fingerprint density at radius 1 is 1.29 bits per heavy atom. The van der Waals surface area contributed by atoms with Gasteiger partial charge >= 0.3 is 12.0 Å². The predicted molar refractivity (Wildman–Crippen MR) is 73.4 cm³/mol. The van der Waals surface area contributed by atoms with Crippen molar-refractivity contribution in [2.75, 3.05) is 20.8 Å². The second kappa shape index (κ2) is 7.95. The van der Waals surface area contributed by atoms with Crippen molar-refractivity contribution in [3.63, 3.8) is 0 Å². The Labute approximate surface area is 121 Å². The molecule has 1 atom stereocenters. The summed E-state index contributed by atoms with van der Waals surface area (Å²) in [7, 11) is 3.02. The number of urea groups is 1. The highest BCUT2D eigenvalue weighted by molar-refractivity contribution is 5.82. The topological polar surface area (TPSA) is 117 Å². The molecule has 0 bridgehead atoms. The van der Waals surface area contributed by atoms with Crippen molar-refractivity contribution in [2.45, 2.75) is 12.6 Å². The monoisotopic (exact) mass is 298 g/mol. The van der Waals surface area contributed by atoms with Crippen LogP contribution in [0.2, 0.25) is 0 Å². The van der Waals surface area contributed by atoms with Crippen LogP contribution in [0.3, 0.4) is 0 Å². The van der Waals surface area contributed by atoms with Crippen molar-refractivity contribution in [3.8, 4) is 11.5 Å². The Bertz CT molecular complexity index is 505. The molecule has 0 spiro atoms. The van der Waals surface area contributed by atoms with Gasteiger partial charge in [0.25, 0.3) is 0 Å². The maximum absolute atomic E-state index is 11.6. The van der Waals surface area contributed by atoms with Gasteiger partial charge in [0.2, 0.25) is 0 Å². The van der Waals surface area contributed by atoms with Crippen LogP contribution < -0.4 is 20.1 Å². The van der Waals surface area contributed by atoms with E-state index in [2.05, 4.69) is 10.6 Å². The Morgan fingerprint density at radius 2 is 2.00 bits per heavy atom. The number of amides is 2. The van der Waals surface area contributed by atoms with Gasteiger partial charge in [0.05, 0.1) is 20.8 Å². The zero-order valence-electron chi connectivity index (χ0n) is 11.8. The fourth-order valence-electron chi connectivity index (χ4n) is 1.57. The first-order valence-electron chi connectivity index (χ1n) is 6.10. The van der Waals surface area contributed by atoms with E-state index in [0.717, 1.165) is 0 Å². The number of aliphatic hydroxyl groups excluding tert-OH is 1. The van der Waals surface area contributed by atoms with Crippen LogP contribution in [0, 0.1) is 0 Å². The molecule has 21 heavy (non-hydrogen) atoms. The molecule has 0 aromatic heterocycles. The number of aliphatic carboxylic acids is 1. The standard InChI is InChI=1S/C13H18N2O6/c1-20-9-4-3-8(11(5-9)21-2)6-14-13(19)15-10(7-16)12(17)18/h3-5,10,16H,6-7H2,1-2H3,(H,17,18)(H2,14,15,19)/t10-/m1/s1. The van der Waals surface area contributed by atoms with E-state index in [9.17, 15) is 9.59 Å². The lowest BCUT2D eigenvalue weighted by molar-refractivity contribution is -0.140. The van der Waals surface area contributed by atoms with Crippen LogP contribution in [0.5, 0.6) is 11.5 Å². The maximum atomic E-state index is 11.6. The molecule has 0 radical (unpaired) electrons. The summed E-state index contributed by atoms with van der Waals surface area (Å²) in [5.41, 5.74) is 0.698. The number of aliphatic hydroxyl groups is 1. The van der Waals surface area contributed by atoms with Crippen molar-refractivity contribution in [1.82, 2.24) is 10.6 Å². The number of hydrogen-bond donors (Lipinski definition) is 4. The van der Waals surface area contributed by atoms with Gasteiger partial charge in [0, 0.05) is 18.2 Å². The minimum atomic E-state index is -1.34. The molecular weight excluding hydrogens is 280 g/mol. The van der Waals surface area contributed by atoms with Crippen LogP contribution in [-0.4, -0.2) is 49.1 Å². The van der Waals surface area contributed by atoms with Gasteiger partial charge in [-0.15, -0.1) is 0 Å². The Hall–Kier alpha value is -2.48. The van der Waals surface area contributed by atoms with Crippen LogP contribution in [0.1, 0.15) is 5.56 Å². The van der Waals surface area contributed by atoms with Crippen LogP contribution in [0.15, 0.2) is 18.2 Å². The minimum absolute atomic E-state index is 0.136.